The summed E-state index contributed by atoms with van der Waals surface area (Å²) in [5, 5.41) is 3.65. The second-order valence-corrected chi connectivity index (χ2v) is 8.03. The van der Waals surface area contributed by atoms with Gasteiger partial charge in [-0.3, -0.25) is 9.59 Å². The third-order valence-corrected chi connectivity index (χ3v) is 5.51. The number of carbonyl (C=O) groups is 2. The van der Waals surface area contributed by atoms with Gasteiger partial charge in [0.25, 0.3) is 0 Å². The third kappa shape index (κ3) is 6.07. The number of carbonyl (C=O) groups excluding carboxylic acids is 2. The van der Waals surface area contributed by atoms with E-state index in [0.717, 1.165) is 37.0 Å². The van der Waals surface area contributed by atoms with Crippen LogP contribution in [0.5, 0.6) is 0 Å². The summed E-state index contributed by atoms with van der Waals surface area (Å²) in [6.45, 7) is 3.50. The second-order valence-electron chi connectivity index (χ2n) is 7.59. The number of benzene rings is 2. The molecule has 0 radical (unpaired) electrons. The fourth-order valence-electron chi connectivity index (χ4n) is 3.69. The minimum atomic E-state index is -0.706. The Morgan fingerprint density at radius 3 is 2.53 bits per heavy atom. The minimum absolute atomic E-state index is 0.0430. The van der Waals surface area contributed by atoms with Gasteiger partial charge in [0.15, 0.2) is 0 Å². The number of nitrogens with zero attached hydrogens (tertiary/aromatic N) is 1. The molecule has 3 rings (SSSR count). The van der Waals surface area contributed by atoms with Crippen LogP contribution in [0.15, 0.2) is 54.6 Å². The van der Waals surface area contributed by atoms with Gasteiger partial charge >= 0.3 is 0 Å². The van der Waals surface area contributed by atoms with Gasteiger partial charge in [0, 0.05) is 31.1 Å². The first-order valence-corrected chi connectivity index (χ1v) is 10.9. The zero-order chi connectivity index (χ0) is 21.3. The Balaban J connectivity index is 1.87. The van der Waals surface area contributed by atoms with Gasteiger partial charge < -0.3 is 15.0 Å². The first-order chi connectivity index (χ1) is 14.6. The SMILES string of the molecule is CCCC(=O)N(Cc1ccc(Cl)cc1)[C@@H](C(=O)NC[C@H]1CCCO1)c1ccccc1. The lowest BCUT2D eigenvalue weighted by atomic mass is 10.0. The highest BCUT2D eigenvalue weighted by Gasteiger charge is 2.31. The molecule has 2 aromatic carbocycles. The Morgan fingerprint density at radius 1 is 1.17 bits per heavy atom. The van der Waals surface area contributed by atoms with Crippen molar-refractivity contribution in [2.45, 2.75) is 51.3 Å². The van der Waals surface area contributed by atoms with Gasteiger partial charge in [-0.2, -0.15) is 0 Å². The van der Waals surface area contributed by atoms with Crippen LogP contribution >= 0.6 is 11.6 Å². The van der Waals surface area contributed by atoms with Crippen LogP contribution in [0.2, 0.25) is 5.02 Å². The first-order valence-electron chi connectivity index (χ1n) is 10.6. The topological polar surface area (TPSA) is 58.6 Å². The summed E-state index contributed by atoms with van der Waals surface area (Å²) in [4.78, 5) is 28.1. The number of hydrogen-bond acceptors (Lipinski definition) is 3. The highest BCUT2D eigenvalue weighted by molar-refractivity contribution is 6.30. The van der Waals surface area contributed by atoms with E-state index in [1.54, 1.807) is 17.0 Å². The maximum Gasteiger partial charge on any atom is 0.247 e. The van der Waals surface area contributed by atoms with Gasteiger partial charge in [0.05, 0.1) is 6.10 Å². The van der Waals surface area contributed by atoms with Crippen molar-refractivity contribution in [3.05, 3.63) is 70.7 Å². The Kier molecular flexibility index (Phi) is 8.29. The molecule has 1 aliphatic rings. The van der Waals surface area contributed by atoms with E-state index in [-0.39, 0.29) is 17.9 Å². The van der Waals surface area contributed by atoms with E-state index >= 15 is 0 Å². The van der Waals surface area contributed by atoms with Gasteiger partial charge in [0.1, 0.15) is 6.04 Å². The van der Waals surface area contributed by atoms with Crippen LogP contribution in [0.25, 0.3) is 0 Å². The maximum atomic E-state index is 13.3. The summed E-state index contributed by atoms with van der Waals surface area (Å²) in [6.07, 6.45) is 3.10. The monoisotopic (exact) mass is 428 g/mol. The average molecular weight is 429 g/mol. The molecule has 1 fully saturated rings. The van der Waals surface area contributed by atoms with E-state index < -0.39 is 6.04 Å². The molecule has 0 spiro atoms. The number of ether oxygens (including phenoxy) is 1. The highest BCUT2D eigenvalue weighted by atomic mass is 35.5. The normalized spacial score (nSPS) is 16.8. The molecule has 5 nitrogen and oxygen atoms in total. The van der Waals surface area contributed by atoms with Gasteiger partial charge in [0.2, 0.25) is 11.8 Å². The molecule has 0 aromatic heterocycles. The molecule has 0 aliphatic carbocycles. The first kappa shape index (κ1) is 22.3. The predicted molar refractivity (Wildman–Crippen MR) is 118 cm³/mol. The lowest BCUT2D eigenvalue weighted by Gasteiger charge is -2.32. The van der Waals surface area contributed by atoms with Crippen molar-refractivity contribution in [3.63, 3.8) is 0 Å². The zero-order valence-electron chi connectivity index (χ0n) is 17.4. The fourth-order valence-corrected chi connectivity index (χ4v) is 3.82. The second kappa shape index (κ2) is 11.1. The maximum absolute atomic E-state index is 13.3. The van der Waals surface area contributed by atoms with Crippen LogP contribution in [-0.2, 0) is 20.9 Å². The molecule has 2 aromatic rings. The van der Waals surface area contributed by atoms with Gasteiger partial charge in [-0.1, -0.05) is 61.0 Å². The molecular weight excluding hydrogens is 400 g/mol. The Bertz CT molecular complexity index is 820. The lowest BCUT2D eigenvalue weighted by molar-refractivity contribution is -0.141. The summed E-state index contributed by atoms with van der Waals surface area (Å²) in [5.41, 5.74) is 1.72. The highest BCUT2D eigenvalue weighted by Crippen LogP contribution is 2.25. The van der Waals surface area contributed by atoms with Crippen molar-refractivity contribution in [1.82, 2.24) is 10.2 Å². The molecule has 1 N–H and O–H groups in total. The third-order valence-electron chi connectivity index (χ3n) is 5.25. The van der Waals surface area contributed by atoms with Crippen molar-refractivity contribution >= 4 is 23.4 Å². The molecule has 160 valence electrons. The fraction of sp³-hybridized carbons (Fsp3) is 0.417. The quantitative estimate of drug-likeness (QED) is 0.639. The molecule has 2 atom stereocenters. The smallest absolute Gasteiger partial charge is 0.247 e. The molecule has 1 aliphatic heterocycles. The lowest BCUT2D eigenvalue weighted by Crippen LogP contribution is -2.45. The standard InChI is InChI=1S/C24H29ClN2O3/c1-2-7-22(28)27(17-18-11-13-20(25)14-12-18)23(19-8-4-3-5-9-19)24(29)26-16-21-10-6-15-30-21/h3-5,8-9,11-14,21,23H,2,6-7,10,15-17H2,1H3,(H,26,29)/t21-,23-/m1/s1. The predicted octanol–water partition coefficient (Wildman–Crippen LogP) is 4.51. The molecule has 30 heavy (non-hydrogen) atoms. The van der Waals surface area contributed by atoms with Crippen molar-refractivity contribution in [3.8, 4) is 0 Å². The van der Waals surface area contributed by atoms with Crippen molar-refractivity contribution in [2.24, 2.45) is 0 Å². The van der Waals surface area contributed by atoms with E-state index in [4.69, 9.17) is 16.3 Å². The Morgan fingerprint density at radius 2 is 1.90 bits per heavy atom. The van der Waals surface area contributed by atoms with Crippen LogP contribution in [0.1, 0.15) is 49.8 Å². The number of hydrogen-bond donors (Lipinski definition) is 1. The summed E-state index contributed by atoms with van der Waals surface area (Å²) < 4.78 is 5.63. The molecule has 1 saturated heterocycles. The van der Waals surface area contributed by atoms with Crippen molar-refractivity contribution in [1.29, 1.82) is 0 Å². The summed E-state index contributed by atoms with van der Waals surface area (Å²) in [5.74, 6) is -0.233. The van der Waals surface area contributed by atoms with E-state index in [2.05, 4.69) is 5.32 Å². The number of nitrogens with one attached hydrogen (secondary N) is 1. The molecule has 0 bridgehead atoms. The minimum Gasteiger partial charge on any atom is -0.376 e. The van der Waals surface area contributed by atoms with Crippen LogP contribution in [0, 0.1) is 0 Å². The van der Waals surface area contributed by atoms with Crippen molar-refractivity contribution < 1.29 is 14.3 Å². The molecular formula is C24H29ClN2O3. The number of amides is 2. The van der Waals surface area contributed by atoms with Crippen LogP contribution in [-0.4, -0.2) is 36.0 Å². The van der Waals surface area contributed by atoms with Crippen LogP contribution in [0.4, 0.5) is 0 Å². The van der Waals surface area contributed by atoms with Crippen molar-refractivity contribution in [2.75, 3.05) is 13.2 Å². The van der Waals surface area contributed by atoms with E-state index in [1.807, 2.05) is 49.4 Å². The Labute approximate surface area is 183 Å². The number of halogens is 1. The molecule has 0 unspecified atom stereocenters. The summed E-state index contributed by atoms with van der Waals surface area (Å²) >= 11 is 6.02. The molecule has 0 saturated carbocycles. The Hall–Kier alpha value is -2.37. The molecule has 6 heteroatoms. The van der Waals surface area contributed by atoms with Crippen LogP contribution in [0.3, 0.4) is 0 Å². The average Bonchev–Trinajstić information content (AvgIpc) is 3.28. The van der Waals surface area contributed by atoms with E-state index in [0.29, 0.717) is 24.5 Å². The molecule has 1 heterocycles. The van der Waals surface area contributed by atoms with Gasteiger partial charge in [-0.05, 0) is 42.5 Å². The van der Waals surface area contributed by atoms with Crippen LogP contribution < -0.4 is 5.32 Å². The summed E-state index contributed by atoms with van der Waals surface area (Å²) in [6, 6.07) is 16.1. The largest absolute Gasteiger partial charge is 0.376 e. The van der Waals surface area contributed by atoms with Gasteiger partial charge in [-0.25, -0.2) is 0 Å². The van der Waals surface area contributed by atoms with E-state index in [9.17, 15) is 9.59 Å². The van der Waals surface area contributed by atoms with E-state index in [1.165, 1.54) is 0 Å². The van der Waals surface area contributed by atoms with Gasteiger partial charge in [-0.15, -0.1) is 0 Å². The molecule has 2 amide bonds. The summed E-state index contributed by atoms with van der Waals surface area (Å²) in [7, 11) is 0. The zero-order valence-corrected chi connectivity index (χ0v) is 18.1. The number of rotatable bonds is 9.